The van der Waals surface area contributed by atoms with E-state index in [9.17, 15) is 4.79 Å². The molecular formula is C14H18N6O. The van der Waals surface area contributed by atoms with E-state index >= 15 is 0 Å². The fraction of sp³-hybridized carbons (Fsp3) is 0.357. The van der Waals surface area contributed by atoms with Crippen molar-refractivity contribution in [1.29, 1.82) is 0 Å². The molecule has 0 saturated heterocycles. The van der Waals surface area contributed by atoms with Crippen LogP contribution >= 0.6 is 0 Å². The highest BCUT2D eigenvalue weighted by Gasteiger charge is 2.07. The van der Waals surface area contributed by atoms with Gasteiger partial charge >= 0.3 is 5.69 Å². The summed E-state index contributed by atoms with van der Waals surface area (Å²) >= 11 is 0. The summed E-state index contributed by atoms with van der Waals surface area (Å²) in [6, 6.07) is 6.18. The van der Waals surface area contributed by atoms with Gasteiger partial charge in [0.15, 0.2) is 0 Å². The lowest BCUT2D eigenvalue weighted by Crippen LogP contribution is -2.20. The van der Waals surface area contributed by atoms with Crippen molar-refractivity contribution in [3.05, 3.63) is 46.4 Å². The molecule has 3 aromatic rings. The Labute approximate surface area is 121 Å². The van der Waals surface area contributed by atoms with E-state index in [0.29, 0.717) is 0 Å². The van der Waals surface area contributed by atoms with Crippen LogP contribution in [0.1, 0.15) is 30.8 Å². The molecule has 0 aliphatic heterocycles. The summed E-state index contributed by atoms with van der Waals surface area (Å²) < 4.78 is 0. The van der Waals surface area contributed by atoms with Crippen LogP contribution in [-0.4, -0.2) is 31.7 Å². The summed E-state index contributed by atoms with van der Waals surface area (Å²) in [5.41, 5.74) is 2.65. The number of H-pyrrole nitrogens is 3. The summed E-state index contributed by atoms with van der Waals surface area (Å²) in [6.07, 6.45) is 3.39. The molecule has 4 N–H and O–H groups in total. The maximum absolute atomic E-state index is 11.3. The number of fused-ring (bicyclic) bond motifs is 1. The predicted molar refractivity (Wildman–Crippen MR) is 80.0 cm³/mol. The van der Waals surface area contributed by atoms with E-state index in [1.165, 1.54) is 6.33 Å². The third-order valence-electron chi connectivity index (χ3n) is 3.55. The lowest BCUT2D eigenvalue weighted by Gasteiger charge is -2.14. The van der Waals surface area contributed by atoms with Crippen molar-refractivity contribution in [3.63, 3.8) is 0 Å². The van der Waals surface area contributed by atoms with Crippen molar-refractivity contribution in [2.75, 3.05) is 6.54 Å². The van der Waals surface area contributed by atoms with Crippen molar-refractivity contribution in [2.45, 2.75) is 25.8 Å². The van der Waals surface area contributed by atoms with E-state index in [1.807, 2.05) is 18.2 Å². The molecule has 0 aliphatic carbocycles. The Balaban J connectivity index is 1.56. The predicted octanol–water partition coefficient (Wildman–Crippen LogP) is 1.26. The Bertz CT molecular complexity index is 757. The van der Waals surface area contributed by atoms with Gasteiger partial charge in [-0.15, -0.1) is 0 Å². The molecule has 0 radical (unpaired) electrons. The van der Waals surface area contributed by atoms with Crippen LogP contribution in [0, 0.1) is 0 Å². The van der Waals surface area contributed by atoms with Gasteiger partial charge in [0, 0.05) is 12.5 Å². The average molecular weight is 286 g/mol. The molecule has 0 saturated carbocycles. The second-order valence-corrected chi connectivity index (χ2v) is 5.10. The fourth-order valence-corrected chi connectivity index (χ4v) is 2.36. The number of imidazole rings is 1. The number of aromatic nitrogens is 5. The largest absolute Gasteiger partial charge is 0.323 e. The number of hydrogen-bond donors (Lipinski definition) is 4. The van der Waals surface area contributed by atoms with E-state index in [0.717, 1.165) is 41.8 Å². The summed E-state index contributed by atoms with van der Waals surface area (Å²) in [4.78, 5) is 20.9. The highest BCUT2D eigenvalue weighted by atomic mass is 16.1. The van der Waals surface area contributed by atoms with Crippen LogP contribution in [0.25, 0.3) is 11.0 Å². The first-order chi connectivity index (χ1) is 10.2. The number of benzene rings is 1. The topological polar surface area (TPSA) is 102 Å². The molecule has 1 atom stereocenters. The molecule has 0 aliphatic rings. The minimum absolute atomic E-state index is 0.171. The van der Waals surface area contributed by atoms with Crippen LogP contribution in [0.2, 0.25) is 0 Å². The van der Waals surface area contributed by atoms with Crippen molar-refractivity contribution >= 4 is 11.0 Å². The normalized spacial score (nSPS) is 12.8. The smallest absolute Gasteiger partial charge is 0.310 e. The fourth-order valence-electron chi connectivity index (χ4n) is 2.36. The van der Waals surface area contributed by atoms with Gasteiger partial charge in [0.25, 0.3) is 0 Å². The highest BCUT2D eigenvalue weighted by molar-refractivity contribution is 5.75. The molecule has 7 nitrogen and oxygen atoms in total. The van der Waals surface area contributed by atoms with Crippen molar-refractivity contribution in [1.82, 2.24) is 30.5 Å². The Morgan fingerprint density at radius 2 is 2.14 bits per heavy atom. The van der Waals surface area contributed by atoms with Gasteiger partial charge in [-0.2, -0.15) is 5.10 Å². The zero-order chi connectivity index (χ0) is 14.7. The second-order valence-electron chi connectivity index (χ2n) is 5.10. The maximum atomic E-state index is 11.3. The Morgan fingerprint density at radius 1 is 1.29 bits per heavy atom. The molecule has 0 amide bonds. The third kappa shape index (κ3) is 3.19. The van der Waals surface area contributed by atoms with Gasteiger partial charge in [-0.25, -0.2) is 9.78 Å². The van der Waals surface area contributed by atoms with E-state index in [-0.39, 0.29) is 11.7 Å². The first kappa shape index (κ1) is 13.6. The molecule has 1 unspecified atom stereocenters. The number of aromatic amines is 3. The average Bonchev–Trinajstić information content (AvgIpc) is 3.10. The molecular weight excluding hydrogens is 268 g/mol. The van der Waals surface area contributed by atoms with Gasteiger partial charge in [0.1, 0.15) is 12.2 Å². The standard InChI is InChI=1S/C14H18N6O/c1-9(15-6-2-3-13-16-8-17-20-13)10-4-5-11-12(7-10)19-14(21)18-11/h4-5,7-9,15H,2-3,6H2,1H3,(H,16,17,20)(H2,18,19,21). The lowest BCUT2D eigenvalue weighted by molar-refractivity contribution is 0.555. The number of aryl methyl sites for hydroxylation is 1. The van der Waals surface area contributed by atoms with Gasteiger partial charge in [-0.3, -0.25) is 5.10 Å². The molecule has 2 aromatic heterocycles. The zero-order valence-electron chi connectivity index (χ0n) is 11.8. The van der Waals surface area contributed by atoms with Crippen molar-refractivity contribution in [3.8, 4) is 0 Å². The van der Waals surface area contributed by atoms with Gasteiger partial charge in [-0.1, -0.05) is 6.07 Å². The molecule has 0 bridgehead atoms. The van der Waals surface area contributed by atoms with Crippen LogP contribution in [-0.2, 0) is 6.42 Å². The molecule has 110 valence electrons. The number of nitrogens with one attached hydrogen (secondary N) is 4. The minimum Gasteiger partial charge on any atom is -0.310 e. The third-order valence-corrected chi connectivity index (χ3v) is 3.55. The Morgan fingerprint density at radius 3 is 2.95 bits per heavy atom. The molecule has 1 aromatic carbocycles. The number of rotatable bonds is 6. The SMILES string of the molecule is CC(NCCCc1ncn[nH]1)c1ccc2[nH]c(=O)[nH]c2c1. The van der Waals surface area contributed by atoms with Gasteiger partial charge in [-0.05, 0) is 37.6 Å². The van der Waals surface area contributed by atoms with Crippen LogP contribution in [0.3, 0.4) is 0 Å². The highest BCUT2D eigenvalue weighted by Crippen LogP contribution is 2.16. The summed E-state index contributed by atoms with van der Waals surface area (Å²) in [7, 11) is 0. The second kappa shape index (κ2) is 5.92. The van der Waals surface area contributed by atoms with E-state index in [4.69, 9.17) is 0 Å². The van der Waals surface area contributed by atoms with Crippen LogP contribution in [0.15, 0.2) is 29.3 Å². The number of nitrogens with zero attached hydrogens (tertiary/aromatic N) is 2. The van der Waals surface area contributed by atoms with Crippen LogP contribution < -0.4 is 11.0 Å². The molecule has 3 rings (SSSR count). The van der Waals surface area contributed by atoms with E-state index in [2.05, 4.69) is 37.4 Å². The molecule has 7 heteroatoms. The molecule has 21 heavy (non-hydrogen) atoms. The molecule has 2 heterocycles. The van der Waals surface area contributed by atoms with Crippen LogP contribution in [0.4, 0.5) is 0 Å². The molecule has 0 fully saturated rings. The Kier molecular flexibility index (Phi) is 3.83. The Hall–Kier alpha value is -2.41. The summed E-state index contributed by atoms with van der Waals surface area (Å²) in [6.45, 7) is 3.00. The van der Waals surface area contributed by atoms with Gasteiger partial charge < -0.3 is 15.3 Å². The van der Waals surface area contributed by atoms with Crippen molar-refractivity contribution in [2.24, 2.45) is 0 Å². The maximum Gasteiger partial charge on any atom is 0.323 e. The minimum atomic E-state index is -0.171. The van der Waals surface area contributed by atoms with E-state index in [1.54, 1.807) is 0 Å². The van der Waals surface area contributed by atoms with E-state index < -0.39 is 0 Å². The summed E-state index contributed by atoms with van der Waals surface area (Å²) in [5.74, 6) is 0.913. The first-order valence-electron chi connectivity index (χ1n) is 7.02. The lowest BCUT2D eigenvalue weighted by atomic mass is 10.1. The molecule has 0 spiro atoms. The monoisotopic (exact) mass is 286 g/mol. The van der Waals surface area contributed by atoms with Gasteiger partial charge in [0.2, 0.25) is 0 Å². The quantitative estimate of drug-likeness (QED) is 0.512. The summed E-state index contributed by atoms with van der Waals surface area (Å²) in [5, 5.41) is 10.1. The first-order valence-corrected chi connectivity index (χ1v) is 7.02. The number of hydrogen-bond acceptors (Lipinski definition) is 4. The van der Waals surface area contributed by atoms with Gasteiger partial charge in [0.05, 0.1) is 11.0 Å². The zero-order valence-corrected chi connectivity index (χ0v) is 11.8. The van der Waals surface area contributed by atoms with Crippen molar-refractivity contribution < 1.29 is 0 Å². The van der Waals surface area contributed by atoms with Crippen LogP contribution in [0.5, 0.6) is 0 Å².